The standard InChI is InChI=1S/C16H17FN2O3S/c1-10(16(21)22)8-19(2)15(20)13-9-23-14(18-13)7-11-4-3-5-12(17)6-11/h3-6,9-10H,7-8H2,1-2H3,(H,21,22). The van der Waals surface area contributed by atoms with Gasteiger partial charge >= 0.3 is 5.97 Å². The molecule has 0 aliphatic rings. The number of hydrogen-bond donors (Lipinski definition) is 1. The zero-order valence-corrected chi connectivity index (χ0v) is 13.6. The van der Waals surface area contributed by atoms with E-state index >= 15 is 0 Å². The largest absolute Gasteiger partial charge is 0.481 e. The quantitative estimate of drug-likeness (QED) is 0.880. The van der Waals surface area contributed by atoms with E-state index in [1.807, 2.05) is 0 Å². The highest BCUT2D eigenvalue weighted by Crippen LogP contribution is 2.17. The third kappa shape index (κ3) is 4.59. The Kier molecular flexibility index (Phi) is 5.44. The molecule has 1 aromatic carbocycles. The van der Waals surface area contributed by atoms with Crippen molar-refractivity contribution in [1.82, 2.24) is 9.88 Å². The minimum absolute atomic E-state index is 0.116. The summed E-state index contributed by atoms with van der Waals surface area (Å²) in [6, 6.07) is 6.24. The van der Waals surface area contributed by atoms with Crippen LogP contribution in [0.4, 0.5) is 4.39 Å². The van der Waals surface area contributed by atoms with Gasteiger partial charge in [-0.2, -0.15) is 0 Å². The van der Waals surface area contributed by atoms with Crippen LogP contribution >= 0.6 is 11.3 Å². The predicted molar refractivity (Wildman–Crippen MR) is 85.1 cm³/mol. The Hall–Kier alpha value is -2.28. The number of rotatable bonds is 6. The maximum atomic E-state index is 13.2. The third-order valence-corrected chi connectivity index (χ3v) is 4.18. The average molecular weight is 336 g/mol. The molecule has 1 aromatic heterocycles. The van der Waals surface area contributed by atoms with Gasteiger partial charge in [-0.15, -0.1) is 11.3 Å². The molecule has 0 aliphatic heterocycles. The van der Waals surface area contributed by atoms with Gasteiger partial charge in [-0.25, -0.2) is 9.37 Å². The summed E-state index contributed by atoms with van der Waals surface area (Å²) in [4.78, 5) is 28.7. The van der Waals surface area contributed by atoms with E-state index in [4.69, 9.17) is 5.11 Å². The van der Waals surface area contributed by atoms with Crippen LogP contribution in [0.2, 0.25) is 0 Å². The van der Waals surface area contributed by atoms with Crippen LogP contribution in [0.15, 0.2) is 29.6 Å². The molecule has 1 heterocycles. The first-order valence-corrected chi connectivity index (χ1v) is 7.92. The molecular formula is C16H17FN2O3S. The molecule has 23 heavy (non-hydrogen) atoms. The second-order valence-corrected chi connectivity index (χ2v) is 6.30. The van der Waals surface area contributed by atoms with Gasteiger partial charge in [0, 0.05) is 25.4 Å². The molecule has 1 amide bonds. The first-order chi connectivity index (χ1) is 10.9. The number of aliphatic carboxylic acids is 1. The van der Waals surface area contributed by atoms with Crippen LogP contribution in [0.1, 0.15) is 28.0 Å². The fourth-order valence-electron chi connectivity index (χ4n) is 2.08. The molecule has 2 rings (SSSR count). The molecule has 0 saturated carbocycles. The maximum Gasteiger partial charge on any atom is 0.308 e. The van der Waals surface area contributed by atoms with Crippen molar-refractivity contribution in [2.24, 2.45) is 5.92 Å². The lowest BCUT2D eigenvalue weighted by molar-refractivity contribution is -0.141. The highest BCUT2D eigenvalue weighted by Gasteiger charge is 2.20. The first kappa shape index (κ1) is 17.1. The topological polar surface area (TPSA) is 70.5 Å². The normalized spacial score (nSPS) is 12.0. The van der Waals surface area contributed by atoms with Crippen molar-refractivity contribution in [2.75, 3.05) is 13.6 Å². The number of halogens is 1. The van der Waals surface area contributed by atoms with Gasteiger partial charge in [0.15, 0.2) is 0 Å². The van der Waals surface area contributed by atoms with Crippen LogP contribution in [-0.2, 0) is 11.2 Å². The van der Waals surface area contributed by atoms with Crippen LogP contribution in [0.5, 0.6) is 0 Å². The Morgan fingerprint density at radius 2 is 2.17 bits per heavy atom. The number of carboxylic acid groups (broad SMARTS) is 1. The highest BCUT2D eigenvalue weighted by atomic mass is 32.1. The molecule has 7 heteroatoms. The molecule has 1 unspecified atom stereocenters. The smallest absolute Gasteiger partial charge is 0.308 e. The molecule has 1 atom stereocenters. The zero-order valence-electron chi connectivity index (χ0n) is 12.8. The summed E-state index contributed by atoms with van der Waals surface area (Å²) in [6.07, 6.45) is 0.449. The number of carbonyl (C=O) groups excluding carboxylic acids is 1. The summed E-state index contributed by atoms with van der Waals surface area (Å²) in [6.45, 7) is 1.66. The Morgan fingerprint density at radius 3 is 2.83 bits per heavy atom. The van der Waals surface area contributed by atoms with E-state index < -0.39 is 11.9 Å². The summed E-state index contributed by atoms with van der Waals surface area (Å²) < 4.78 is 13.2. The van der Waals surface area contributed by atoms with Gasteiger partial charge in [0.2, 0.25) is 0 Å². The lowest BCUT2D eigenvalue weighted by atomic mass is 10.1. The Bertz CT molecular complexity index is 717. The van der Waals surface area contributed by atoms with Gasteiger partial charge < -0.3 is 10.0 Å². The zero-order chi connectivity index (χ0) is 17.0. The number of carboxylic acids is 1. The van der Waals surface area contributed by atoms with Crippen LogP contribution in [0.25, 0.3) is 0 Å². The number of aromatic nitrogens is 1. The molecular weight excluding hydrogens is 319 g/mol. The van der Waals surface area contributed by atoms with Crippen molar-refractivity contribution in [2.45, 2.75) is 13.3 Å². The lowest BCUT2D eigenvalue weighted by Crippen LogP contribution is -2.33. The van der Waals surface area contributed by atoms with E-state index in [9.17, 15) is 14.0 Å². The summed E-state index contributed by atoms with van der Waals surface area (Å²) in [7, 11) is 1.55. The van der Waals surface area contributed by atoms with Gasteiger partial charge in [-0.3, -0.25) is 9.59 Å². The second-order valence-electron chi connectivity index (χ2n) is 5.36. The van der Waals surface area contributed by atoms with Crippen molar-refractivity contribution in [3.8, 4) is 0 Å². The van der Waals surface area contributed by atoms with Crippen molar-refractivity contribution in [3.05, 3.63) is 51.7 Å². The van der Waals surface area contributed by atoms with Crippen molar-refractivity contribution >= 4 is 23.2 Å². The van der Waals surface area contributed by atoms with E-state index in [1.165, 1.54) is 28.4 Å². The third-order valence-electron chi connectivity index (χ3n) is 3.33. The Morgan fingerprint density at radius 1 is 1.43 bits per heavy atom. The molecule has 0 bridgehead atoms. The van der Waals surface area contributed by atoms with E-state index in [1.54, 1.807) is 31.5 Å². The van der Waals surface area contributed by atoms with Gasteiger partial charge in [0.1, 0.15) is 11.5 Å². The summed E-state index contributed by atoms with van der Waals surface area (Å²) >= 11 is 1.32. The number of thiazole rings is 1. The van der Waals surface area contributed by atoms with Crippen LogP contribution in [0, 0.1) is 11.7 Å². The fourth-order valence-corrected chi connectivity index (χ4v) is 2.88. The number of benzene rings is 1. The maximum absolute atomic E-state index is 13.2. The Balaban J connectivity index is 2.03. The minimum atomic E-state index is -0.949. The molecule has 0 fully saturated rings. The number of carbonyl (C=O) groups is 2. The van der Waals surface area contributed by atoms with Crippen molar-refractivity contribution < 1.29 is 19.1 Å². The van der Waals surface area contributed by atoms with E-state index in [0.717, 1.165) is 5.56 Å². The summed E-state index contributed by atoms with van der Waals surface area (Å²) in [5.74, 6) is -2.22. The van der Waals surface area contributed by atoms with Crippen molar-refractivity contribution in [1.29, 1.82) is 0 Å². The molecule has 0 saturated heterocycles. The molecule has 2 aromatic rings. The number of nitrogens with zero attached hydrogens (tertiary/aromatic N) is 2. The van der Waals surface area contributed by atoms with E-state index in [-0.39, 0.29) is 24.0 Å². The van der Waals surface area contributed by atoms with Crippen LogP contribution in [-0.4, -0.2) is 40.5 Å². The molecule has 5 nitrogen and oxygen atoms in total. The Labute approximate surface area is 137 Å². The minimum Gasteiger partial charge on any atom is -0.481 e. The van der Waals surface area contributed by atoms with Gasteiger partial charge in [0.05, 0.1) is 10.9 Å². The monoisotopic (exact) mass is 336 g/mol. The van der Waals surface area contributed by atoms with Gasteiger partial charge in [0.25, 0.3) is 5.91 Å². The van der Waals surface area contributed by atoms with Gasteiger partial charge in [-0.1, -0.05) is 19.1 Å². The van der Waals surface area contributed by atoms with Crippen LogP contribution in [0.3, 0.4) is 0 Å². The fraction of sp³-hybridized carbons (Fsp3) is 0.312. The molecule has 0 radical (unpaired) electrons. The predicted octanol–water partition coefficient (Wildman–Crippen LogP) is 2.67. The highest BCUT2D eigenvalue weighted by molar-refractivity contribution is 7.09. The van der Waals surface area contributed by atoms with Crippen LogP contribution < -0.4 is 0 Å². The summed E-state index contributed by atoms with van der Waals surface area (Å²) in [5.41, 5.74) is 1.06. The molecule has 1 N–H and O–H groups in total. The SMILES string of the molecule is CC(CN(C)C(=O)c1csc(Cc2cccc(F)c2)n1)C(=O)O. The van der Waals surface area contributed by atoms with Crippen molar-refractivity contribution in [3.63, 3.8) is 0 Å². The van der Waals surface area contributed by atoms with E-state index in [0.29, 0.717) is 11.4 Å². The first-order valence-electron chi connectivity index (χ1n) is 7.04. The summed E-state index contributed by atoms with van der Waals surface area (Å²) in [5, 5.41) is 11.2. The molecule has 122 valence electrons. The van der Waals surface area contributed by atoms with Gasteiger partial charge in [-0.05, 0) is 17.7 Å². The molecule has 0 spiro atoms. The number of amides is 1. The molecule has 0 aliphatic carbocycles. The number of hydrogen-bond acceptors (Lipinski definition) is 4. The second kappa shape index (κ2) is 7.32. The van der Waals surface area contributed by atoms with E-state index in [2.05, 4.69) is 4.98 Å². The lowest BCUT2D eigenvalue weighted by Gasteiger charge is -2.18. The average Bonchev–Trinajstić information content (AvgIpc) is 2.94.